The number of nitrogens with zero attached hydrogens (tertiary/aromatic N) is 1. The Kier molecular flexibility index (Phi) is 4.91. The van der Waals surface area contributed by atoms with Crippen LogP contribution in [0.25, 0.3) is 0 Å². The molecule has 1 aliphatic carbocycles. The van der Waals surface area contributed by atoms with E-state index >= 15 is 0 Å². The SMILES string of the molecule is COc1ncc([C@H]2CC[C@@](C(=O)NO)(c3cccc(F)c3C)C2)cc1F. The van der Waals surface area contributed by atoms with Crippen LogP contribution >= 0.6 is 0 Å². The Morgan fingerprint density at radius 3 is 2.81 bits per heavy atom. The third-order valence-corrected chi connectivity index (χ3v) is 5.33. The van der Waals surface area contributed by atoms with Gasteiger partial charge >= 0.3 is 0 Å². The maximum atomic E-state index is 14.1. The minimum atomic E-state index is -1.08. The number of hydrogen-bond acceptors (Lipinski definition) is 4. The Labute approximate surface area is 150 Å². The van der Waals surface area contributed by atoms with Crippen LogP contribution in [0.3, 0.4) is 0 Å². The molecule has 1 heterocycles. The normalized spacial score (nSPS) is 22.3. The molecule has 3 rings (SSSR count). The van der Waals surface area contributed by atoms with Gasteiger partial charge < -0.3 is 4.74 Å². The van der Waals surface area contributed by atoms with Crippen LogP contribution in [0, 0.1) is 18.6 Å². The number of carbonyl (C=O) groups is 1. The van der Waals surface area contributed by atoms with Crippen molar-refractivity contribution in [1.82, 2.24) is 10.5 Å². The highest BCUT2D eigenvalue weighted by Gasteiger charge is 2.48. The summed E-state index contributed by atoms with van der Waals surface area (Å²) in [6.07, 6.45) is 2.83. The quantitative estimate of drug-likeness (QED) is 0.646. The third kappa shape index (κ3) is 2.92. The molecule has 2 aromatic rings. The van der Waals surface area contributed by atoms with Gasteiger partial charge in [0.2, 0.25) is 5.88 Å². The number of nitrogens with one attached hydrogen (secondary N) is 1. The van der Waals surface area contributed by atoms with Crippen LogP contribution in [-0.2, 0) is 10.2 Å². The molecule has 1 aromatic carbocycles. The molecule has 1 amide bonds. The Hall–Kier alpha value is -2.54. The molecule has 0 aliphatic heterocycles. The second-order valence-corrected chi connectivity index (χ2v) is 6.63. The van der Waals surface area contributed by atoms with E-state index < -0.39 is 23.0 Å². The largest absolute Gasteiger partial charge is 0.479 e. The molecule has 1 aromatic heterocycles. The predicted octanol–water partition coefficient (Wildman–Crippen LogP) is 3.39. The molecular formula is C19H20F2N2O3. The van der Waals surface area contributed by atoms with E-state index in [1.807, 2.05) is 0 Å². The van der Waals surface area contributed by atoms with E-state index in [1.54, 1.807) is 24.5 Å². The number of ether oxygens (including phenoxy) is 1. The fraction of sp³-hybridized carbons (Fsp3) is 0.368. The maximum absolute atomic E-state index is 14.1. The fourth-order valence-electron chi connectivity index (χ4n) is 3.95. The molecule has 0 saturated heterocycles. The number of methoxy groups -OCH3 is 1. The monoisotopic (exact) mass is 362 g/mol. The molecule has 5 nitrogen and oxygen atoms in total. The van der Waals surface area contributed by atoms with Gasteiger partial charge in [0, 0.05) is 6.20 Å². The molecule has 7 heteroatoms. The van der Waals surface area contributed by atoms with Crippen molar-refractivity contribution >= 4 is 5.91 Å². The Bertz CT molecular complexity index is 844. The molecule has 0 unspecified atom stereocenters. The smallest absolute Gasteiger partial charge is 0.254 e. The zero-order chi connectivity index (χ0) is 18.9. The van der Waals surface area contributed by atoms with Crippen LogP contribution in [0.5, 0.6) is 5.88 Å². The van der Waals surface area contributed by atoms with E-state index in [1.165, 1.54) is 25.4 Å². The minimum absolute atomic E-state index is 0.0907. The van der Waals surface area contributed by atoms with Crippen LogP contribution in [0.2, 0.25) is 0 Å². The first-order valence-electron chi connectivity index (χ1n) is 8.32. The number of benzene rings is 1. The highest BCUT2D eigenvalue weighted by molar-refractivity contribution is 5.88. The van der Waals surface area contributed by atoms with Crippen molar-refractivity contribution in [3.63, 3.8) is 0 Å². The molecule has 1 fully saturated rings. The van der Waals surface area contributed by atoms with Gasteiger partial charge in [-0.25, -0.2) is 19.2 Å². The van der Waals surface area contributed by atoms with Crippen molar-refractivity contribution < 1.29 is 23.5 Å². The van der Waals surface area contributed by atoms with Crippen molar-refractivity contribution in [3.05, 3.63) is 58.8 Å². The molecule has 26 heavy (non-hydrogen) atoms. The van der Waals surface area contributed by atoms with Crippen molar-refractivity contribution in [2.24, 2.45) is 0 Å². The molecular weight excluding hydrogens is 342 g/mol. The second-order valence-electron chi connectivity index (χ2n) is 6.63. The molecule has 0 bridgehead atoms. The highest BCUT2D eigenvalue weighted by atomic mass is 19.1. The fourth-order valence-corrected chi connectivity index (χ4v) is 3.95. The lowest BCUT2D eigenvalue weighted by Gasteiger charge is -2.29. The first-order chi connectivity index (χ1) is 12.4. The summed E-state index contributed by atoms with van der Waals surface area (Å²) in [5.41, 5.74) is 2.19. The van der Waals surface area contributed by atoms with Gasteiger partial charge in [-0.1, -0.05) is 12.1 Å². The lowest BCUT2D eigenvalue weighted by Crippen LogP contribution is -2.42. The van der Waals surface area contributed by atoms with Gasteiger partial charge in [0.15, 0.2) is 5.82 Å². The van der Waals surface area contributed by atoms with Gasteiger partial charge in [-0.2, -0.15) is 0 Å². The molecule has 0 radical (unpaired) electrons. The topological polar surface area (TPSA) is 71.5 Å². The second kappa shape index (κ2) is 6.99. The third-order valence-electron chi connectivity index (χ3n) is 5.33. The van der Waals surface area contributed by atoms with Gasteiger partial charge in [0.1, 0.15) is 5.82 Å². The molecule has 1 aliphatic rings. The molecule has 0 spiro atoms. The van der Waals surface area contributed by atoms with Gasteiger partial charge in [-0.05, 0) is 60.9 Å². The summed E-state index contributed by atoms with van der Waals surface area (Å²) in [6, 6.07) is 5.93. The lowest BCUT2D eigenvalue weighted by molar-refractivity contribution is -0.135. The number of amides is 1. The zero-order valence-corrected chi connectivity index (χ0v) is 14.6. The standard InChI is InChI=1S/C19H20F2N2O3/c1-11-14(4-3-5-15(11)20)19(18(24)23-25)7-6-12(9-19)13-8-16(21)17(26-2)22-10-13/h3-5,8,10,12,25H,6-7,9H2,1-2H3,(H,23,24)/t12-,19-/m0/s1. The van der Waals surface area contributed by atoms with E-state index in [9.17, 15) is 18.8 Å². The number of aromatic nitrogens is 1. The summed E-state index contributed by atoms with van der Waals surface area (Å²) in [6.45, 7) is 1.61. The first kappa shape index (κ1) is 18.3. The Balaban J connectivity index is 2.00. The summed E-state index contributed by atoms with van der Waals surface area (Å²) in [5.74, 6) is -1.81. The van der Waals surface area contributed by atoms with Gasteiger partial charge in [-0.15, -0.1) is 0 Å². The summed E-state index contributed by atoms with van der Waals surface area (Å²) in [5, 5.41) is 9.27. The van der Waals surface area contributed by atoms with E-state index in [-0.39, 0.29) is 11.8 Å². The molecule has 2 atom stereocenters. The lowest BCUT2D eigenvalue weighted by atomic mass is 9.75. The summed E-state index contributed by atoms with van der Waals surface area (Å²) >= 11 is 0. The number of carbonyl (C=O) groups excluding carboxylic acids is 1. The highest BCUT2D eigenvalue weighted by Crippen LogP contribution is 2.49. The van der Waals surface area contributed by atoms with Crippen LogP contribution in [0.1, 0.15) is 41.9 Å². The summed E-state index contributed by atoms with van der Waals surface area (Å²) in [4.78, 5) is 16.5. The van der Waals surface area contributed by atoms with E-state index in [0.717, 1.165) is 0 Å². The minimum Gasteiger partial charge on any atom is -0.479 e. The van der Waals surface area contributed by atoms with Crippen molar-refractivity contribution in [3.8, 4) is 5.88 Å². The number of hydroxylamine groups is 1. The Morgan fingerprint density at radius 2 is 2.15 bits per heavy atom. The van der Waals surface area contributed by atoms with Crippen LogP contribution in [-0.4, -0.2) is 23.2 Å². The summed E-state index contributed by atoms with van der Waals surface area (Å²) in [7, 11) is 1.34. The Morgan fingerprint density at radius 1 is 1.38 bits per heavy atom. The van der Waals surface area contributed by atoms with Gasteiger partial charge in [0.25, 0.3) is 5.91 Å². The van der Waals surface area contributed by atoms with Crippen LogP contribution in [0.15, 0.2) is 30.5 Å². The first-order valence-corrected chi connectivity index (χ1v) is 8.32. The van der Waals surface area contributed by atoms with Crippen molar-refractivity contribution in [1.29, 1.82) is 0 Å². The average Bonchev–Trinajstić information content (AvgIpc) is 3.09. The maximum Gasteiger partial charge on any atom is 0.254 e. The van der Waals surface area contributed by atoms with E-state index in [4.69, 9.17) is 4.74 Å². The van der Waals surface area contributed by atoms with E-state index in [0.29, 0.717) is 36.0 Å². The number of halogens is 2. The van der Waals surface area contributed by atoms with E-state index in [2.05, 4.69) is 4.98 Å². The molecule has 138 valence electrons. The average molecular weight is 362 g/mol. The van der Waals surface area contributed by atoms with Crippen molar-refractivity contribution in [2.45, 2.75) is 37.5 Å². The van der Waals surface area contributed by atoms with Gasteiger partial charge in [-0.3, -0.25) is 10.0 Å². The number of rotatable bonds is 4. The zero-order valence-electron chi connectivity index (χ0n) is 14.6. The number of pyridine rings is 1. The van der Waals surface area contributed by atoms with Crippen molar-refractivity contribution in [2.75, 3.05) is 7.11 Å². The predicted molar refractivity (Wildman–Crippen MR) is 90.1 cm³/mol. The molecule has 1 saturated carbocycles. The van der Waals surface area contributed by atoms with Crippen LogP contribution in [0.4, 0.5) is 8.78 Å². The number of hydrogen-bond donors (Lipinski definition) is 2. The van der Waals surface area contributed by atoms with Gasteiger partial charge in [0.05, 0.1) is 12.5 Å². The summed E-state index contributed by atoms with van der Waals surface area (Å²) < 4.78 is 32.9. The van der Waals surface area contributed by atoms with Crippen LogP contribution < -0.4 is 10.2 Å². The molecule has 2 N–H and O–H groups in total.